The number of carbonyl (C=O) groups excluding carboxylic acids is 1. The van der Waals surface area contributed by atoms with E-state index in [2.05, 4.69) is 31.2 Å². The molecule has 1 aromatic heterocycles. The molecular formula is C13H16BrN5O4S. The summed E-state index contributed by atoms with van der Waals surface area (Å²) in [7, 11) is -4.24. The number of ether oxygens (including phenoxy) is 1. The Morgan fingerprint density at radius 3 is 2.83 bits per heavy atom. The number of nitrogens with two attached hydrogens (primary N) is 1. The summed E-state index contributed by atoms with van der Waals surface area (Å²) < 4.78 is 32.1. The lowest BCUT2D eigenvalue weighted by Gasteiger charge is -2.16. The molecule has 0 radical (unpaired) electrons. The molecule has 2 heterocycles. The molecule has 9 nitrogen and oxygen atoms in total. The zero-order chi connectivity index (χ0) is 17.7. The van der Waals surface area contributed by atoms with E-state index in [0.717, 1.165) is 6.20 Å². The summed E-state index contributed by atoms with van der Waals surface area (Å²) in [6.45, 7) is 2.49. The van der Waals surface area contributed by atoms with Crippen molar-refractivity contribution in [2.24, 2.45) is 10.7 Å². The number of amides is 2. The zero-order valence-corrected chi connectivity index (χ0v) is 15.1. The van der Waals surface area contributed by atoms with E-state index >= 15 is 0 Å². The molecule has 1 aliphatic rings. The Bertz CT molecular complexity index is 807. The van der Waals surface area contributed by atoms with Crippen LogP contribution in [-0.4, -0.2) is 38.5 Å². The quantitative estimate of drug-likeness (QED) is 0.673. The number of nitrogens with zero attached hydrogens (tertiary/aromatic N) is 2. The van der Waals surface area contributed by atoms with Gasteiger partial charge in [-0.1, -0.05) is 0 Å². The van der Waals surface area contributed by atoms with Gasteiger partial charge in [-0.2, -0.15) is 0 Å². The van der Waals surface area contributed by atoms with Crippen molar-refractivity contribution in [2.45, 2.75) is 13.3 Å². The van der Waals surface area contributed by atoms with Crippen molar-refractivity contribution >= 4 is 43.7 Å². The minimum absolute atomic E-state index is 0.112. The smallest absolute Gasteiger partial charge is 0.334 e. The van der Waals surface area contributed by atoms with Gasteiger partial charge in [0.25, 0.3) is 10.0 Å². The van der Waals surface area contributed by atoms with Crippen LogP contribution in [0.4, 0.5) is 10.6 Å². The van der Waals surface area contributed by atoms with Crippen LogP contribution in [0.2, 0.25) is 0 Å². The molecule has 1 aliphatic heterocycles. The molecule has 4 N–H and O–H groups in total. The van der Waals surface area contributed by atoms with E-state index in [0.29, 0.717) is 29.7 Å². The van der Waals surface area contributed by atoms with Crippen LogP contribution in [0.15, 0.2) is 32.7 Å². The van der Waals surface area contributed by atoms with E-state index in [-0.39, 0.29) is 11.7 Å². The van der Waals surface area contributed by atoms with Crippen molar-refractivity contribution in [3.05, 3.63) is 33.4 Å². The summed E-state index contributed by atoms with van der Waals surface area (Å²) in [6, 6.07) is 2.43. The van der Waals surface area contributed by atoms with Gasteiger partial charge in [0.05, 0.1) is 11.1 Å². The van der Waals surface area contributed by atoms with Crippen LogP contribution in [0.25, 0.3) is 0 Å². The standard InChI is InChI=1S/C13H16BrN5O4S/c1-8-3-4-9(14)11(17-8)18-13(20)19-24(21,22)10(7-15)12-16-5-2-6-23-12/h3-4,7H,2,5-6,15H2,1H3,(H2,17,18,19,20)/b10-7+. The summed E-state index contributed by atoms with van der Waals surface area (Å²) in [6.07, 6.45) is 1.52. The normalized spacial score (nSPS) is 15.2. The number of nitrogens with one attached hydrogen (secondary N) is 2. The minimum atomic E-state index is -4.24. The maximum Gasteiger partial charge on any atom is 0.334 e. The Kier molecular flexibility index (Phi) is 5.78. The van der Waals surface area contributed by atoms with Crippen LogP contribution in [0.1, 0.15) is 12.1 Å². The second-order valence-corrected chi connectivity index (χ2v) is 7.27. The van der Waals surface area contributed by atoms with Crippen LogP contribution in [0.5, 0.6) is 0 Å². The number of hydrogen-bond donors (Lipinski definition) is 3. The summed E-state index contributed by atoms with van der Waals surface area (Å²) in [5.74, 6) is 0.0751. The van der Waals surface area contributed by atoms with Gasteiger partial charge in [0.1, 0.15) is 5.82 Å². The zero-order valence-electron chi connectivity index (χ0n) is 12.7. The summed E-state index contributed by atoms with van der Waals surface area (Å²) in [5, 5.41) is 2.35. The predicted molar refractivity (Wildman–Crippen MR) is 92.9 cm³/mol. The third-order valence-corrected chi connectivity index (χ3v) is 4.88. The third-order valence-electron chi connectivity index (χ3n) is 2.89. The lowest BCUT2D eigenvalue weighted by atomic mass is 10.4. The molecule has 0 bridgehead atoms. The molecule has 0 aliphatic carbocycles. The van der Waals surface area contributed by atoms with Crippen molar-refractivity contribution in [3.63, 3.8) is 0 Å². The summed E-state index contributed by atoms with van der Waals surface area (Å²) in [5.41, 5.74) is 6.02. The fourth-order valence-electron chi connectivity index (χ4n) is 1.82. The van der Waals surface area contributed by atoms with Crippen molar-refractivity contribution in [3.8, 4) is 0 Å². The van der Waals surface area contributed by atoms with Crippen molar-refractivity contribution < 1.29 is 17.9 Å². The molecule has 2 amide bonds. The molecule has 0 saturated heterocycles. The first-order valence-electron chi connectivity index (χ1n) is 6.90. The van der Waals surface area contributed by atoms with Gasteiger partial charge in [-0.15, -0.1) is 0 Å². The molecular weight excluding hydrogens is 402 g/mol. The van der Waals surface area contributed by atoms with Crippen LogP contribution in [0, 0.1) is 6.92 Å². The number of halogens is 1. The number of aliphatic imine (C=N–C) groups is 1. The number of carbonyl (C=O) groups is 1. The number of aromatic nitrogens is 1. The number of anilines is 1. The average Bonchev–Trinajstić information content (AvgIpc) is 2.51. The Morgan fingerprint density at radius 1 is 1.46 bits per heavy atom. The molecule has 24 heavy (non-hydrogen) atoms. The van der Waals surface area contributed by atoms with Crippen LogP contribution < -0.4 is 15.8 Å². The van der Waals surface area contributed by atoms with E-state index < -0.39 is 21.0 Å². The fraction of sp³-hybridized carbons (Fsp3) is 0.308. The largest absolute Gasteiger partial charge is 0.477 e. The van der Waals surface area contributed by atoms with E-state index in [1.54, 1.807) is 19.1 Å². The number of pyridine rings is 1. The van der Waals surface area contributed by atoms with E-state index in [1.807, 2.05) is 4.72 Å². The molecule has 0 aromatic carbocycles. The highest BCUT2D eigenvalue weighted by molar-refractivity contribution is 9.10. The third kappa shape index (κ3) is 4.45. The highest BCUT2D eigenvalue weighted by Crippen LogP contribution is 2.20. The molecule has 11 heteroatoms. The molecule has 0 atom stereocenters. The average molecular weight is 418 g/mol. The fourth-order valence-corrected chi connectivity index (χ4v) is 3.08. The summed E-state index contributed by atoms with van der Waals surface area (Å²) >= 11 is 3.22. The van der Waals surface area contributed by atoms with Crippen LogP contribution in [0.3, 0.4) is 0 Å². The highest BCUT2D eigenvalue weighted by atomic mass is 79.9. The number of aryl methyl sites for hydroxylation is 1. The second-order valence-electron chi connectivity index (χ2n) is 4.76. The molecule has 1 aromatic rings. The van der Waals surface area contributed by atoms with E-state index in [4.69, 9.17) is 10.5 Å². The Balaban J connectivity index is 2.14. The SMILES string of the molecule is Cc1ccc(Br)c(NC(=O)NS(=O)(=O)/C(=C/N)C2=NCCCO2)n1. The van der Waals surface area contributed by atoms with Gasteiger partial charge in [-0.3, -0.25) is 10.3 Å². The van der Waals surface area contributed by atoms with Gasteiger partial charge in [0.15, 0.2) is 4.91 Å². The molecule has 2 rings (SSSR count). The predicted octanol–water partition coefficient (Wildman–Crippen LogP) is 1.22. The number of rotatable bonds is 4. The first-order chi connectivity index (χ1) is 11.3. The van der Waals surface area contributed by atoms with E-state index in [1.165, 1.54) is 0 Å². The maximum absolute atomic E-state index is 12.3. The lowest BCUT2D eigenvalue weighted by Crippen LogP contribution is -2.38. The monoisotopic (exact) mass is 417 g/mol. The van der Waals surface area contributed by atoms with Crippen molar-refractivity contribution in [1.29, 1.82) is 0 Å². The Labute approximate surface area is 147 Å². The van der Waals surface area contributed by atoms with Gasteiger partial charge in [-0.25, -0.2) is 22.9 Å². The van der Waals surface area contributed by atoms with Gasteiger partial charge < -0.3 is 10.5 Å². The van der Waals surface area contributed by atoms with Gasteiger partial charge in [0, 0.05) is 24.9 Å². The molecule has 0 saturated carbocycles. The van der Waals surface area contributed by atoms with Crippen molar-refractivity contribution in [1.82, 2.24) is 9.71 Å². The van der Waals surface area contributed by atoms with Gasteiger partial charge in [-0.05, 0) is 35.0 Å². The summed E-state index contributed by atoms with van der Waals surface area (Å²) in [4.78, 5) is 19.6. The topological polar surface area (TPSA) is 136 Å². The number of urea groups is 1. The van der Waals surface area contributed by atoms with Gasteiger partial charge >= 0.3 is 6.03 Å². The number of sulfonamides is 1. The first-order valence-corrected chi connectivity index (χ1v) is 9.17. The van der Waals surface area contributed by atoms with Crippen LogP contribution >= 0.6 is 15.9 Å². The maximum atomic E-state index is 12.3. The number of hydrogen-bond acceptors (Lipinski definition) is 7. The van der Waals surface area contributed by atoms with Gasteiger partial charge in [0.2, 0.25) is 5.90 Å². The molecule has 130 valence electrons. The van der Waals surface area contributed by atoms with Crippen LogP contribution in [-0.2, 0) is 14.8 Å². The van der Waals surface area contributed by atoms with Crippen molar-refractivity contribution in [2.75, 3.05) is 18.5 Å². The first kappa shape index (κ1) is 18.2. The molecule has 0 spiro atoms. The molecule has 0 unspecified atom stereocenters. The lowest BCUT2D eigenvalue weighted by molar-refractivity contribution is 0.256. The van der Waals surface area contributed by atoms with E-state index in [9.17, 15) is 13.2 Å². The minimum Gasteiger partial charge on any atom is -0.477 e. The second kappa shape index (κ2) is 7.62. The Hall–Kier alpha value is -2.14. The highest BCUT2D eigenvalue weighted by Gasteiger charge is 2.27. The Morgan fingerprint density at radius 2 is 2.21 bits per heavy atom. The molecule has 0 fully saturated rings.